The van der Waals surface area contributed by atoms with Crippen LogP contribution in [0.1, 0.15) is 30.6 Å². The first-order valence-corrected chi connectivity index (χ1v) is 6.98. The number of hydrogen-bond acceptors (Lipinski definition) is 4. The molecule has 1 aromatic carbocycles. The number of esters is 1. The van der Waals surface area contributed by atoms with Crippen molar-refractivity contribution < 1.29 is 19.1 Å². The lowest BCUT2D eigenvalue weighted by Gasteiger charge is -2.24. The van der Waals surface area contributed by atoms with Gasteiger partial charge in [0.05, 0.1) is 20.6 Å². The molecule has 116 valence electrons. The first-order chi connectivity index (χ1) is 9.97. The SMILES string of the molecule is COC(=O)CCN(CC(C)C)C(=O)c1ccc(OC)cc1. The van der Waals surface area contributed by atoms with Gasteiger partial charge in [0.15, 0.2) is 0 Å². The molecule has 0 aliphatic rings. The minimum Gasteiger partial charge on any atom is -0.497 e. The summed E-state index contributed by atoms with van der Waals surface area (Å²) in [5, 5.41) is 0. The summed E-state index contributed by atoms with van der Waals surface area (Å²) in [7, 11) is 2.93. The van der Waals surface area contributed by atoms with Crippen LogP contribution in [0.25, 0.3) is 0 Å². The Labute approximate surface area is 125 Å². The summed E-state index contributed by atoms with van der Waals surface area (Å²) >= 11 is 0. The zero-order chi connectivity index (χ0) is 15.8. The van der Waals surface area contributed by atoms with Crippen molar-refractivity contribution in [2.45, 2.75) is 20.3 Å². The summed E-state index contributed by atoms with van der Waals surface area (Å²) < 4.78 is 9.71. The summed E-state index contributed by atoms with van der Waals surface area (Å²) in [6.07, 6.45) is 0.200. The van der Waals surface area contributed by atoms with Crippen LogP contribution in [-0.4, -0.2) is 44.1 Å². The Morgan fingerprint density at radius 2 is 1.76 bits per heavy atom. The minimum absolute atomic E-state index is 0.0877. The van der Waals surface area contributed by atoms with Crippen molar-refractivity contribution in [1.82, 2.24) is 4.90 Å². The highest BCUT2D eigenvalue weighted by molar-refractivity contribution is 5.94. The number of ether oxygens (including phenoxy) is 2. The molecular weight excluding hydrogens is 270 g/mol. The molecule has 0 aliphatic heterocycles. The number of amides is 1. The predicted molar refractivity (Wildman–Crippen MR) is 80.4 cm³/mol. The third kappa shape index (κ3) is 5.45. The molecule has 5 nitrogen and oxygen atoms in total. The molecule has 0 aromatic heterocycles. The number of benzene rings is 1. The van der Waals surface area contributed by atoms with E-state index in [2.05, 4.69) is 4.74 Å². The van der Waals surface area contributed by atoms with Gasteiger partial charge in [0, 0.05) is 18.7 Å². The van der Waals surface area contributed by atoms with E-state index in [4.69, 9.17) is 4.74 Å². The molecule has 0 saturated carbocycles. The van der Waals surface area contributed by atoms with Crippen LogP contribution in [0.5, 0.6) is 5.75 Å². The Morgan fingerprint density at radius 1 is 1.14 bits per heavy atom. The van der Waals surface area contributed by atoms with E-state index in [9.17, 15) is 9.59 Å². The smallest absolute Gasteiger partial charge is 0.307 e. The molecule has 0 heterocycles. The summed E-state index contributed by atoms with van der Waals surface area (Å²) in [6, 6.07) is 6.96. The maximum Gasteiger partial charge on any atom is 0.307 e. The van der Waals surface area contributed by atoms with Crippen molar-refractivity contribution in [1.29, 1.82) is 0 Å². The lowest BCUT2D eigenvalue weighted by Crippen LogP contribution is -2.36. The van der Waals surface area contributed by atoms with Gasteiger partial charge in [-0.1, -0.05) is 13.8 Å². The van der Waals surface area contributed by atoms with E-state index in [-0.39, 0.29) is 18.3 Å². The number of nitrogens with zero attached hydrogens (tertiary/aromatic N) is 1. The number of hydrogen-bond donors (Lipinski definition) is 0. The average Bonchev–Trinajstić information content (AvgIpc) is 2.50. The second kappa shape index (κ2) is 8.29. The van der Waals surface area contributed by atoms with Gasteiger partial charge in [-0.25, -0.2) is 0 Å². The largest absolute Gasteiger partial charge is 0.497 e. The fourth-order valence-electron chi connectivity index (χ4n) is 1.96. The van der Waals surface area contributed by atoms with Crippen LogP contribution in [0.15, 0.2) is 24.3 Å². The summed E-state index contributed by atoms with van der Waals surface area (Å²) in [4.78, 5) is 25.5. The monoisotopic (exact) mass is 293 g/mol. The van der Waals surface area contributed by atoms with Gasteiger partial charge in [-0.2, -0.15) is 0 Å². The van der Waals surface area contributed by atoms with Crippen molar-refractivity contribution in [3.05, 3.63) is 29.8 Å². The normalized spacial score (nSPS) is 10.3. The molecule has 1 amide bonds. The summed E-state index contributed by atoms with van der Waals surface area (Å²) in [5.41, 5.74) is 0.585. The van der Waals surface area contributed by atoms with Crippen LogP contribution >= 0.6 is 0 Å². The molecule has 0 unspecified atom stereocenters. The fraction of sp³-hybridized carbons (Fsp3) is 0.500. The van der Waals surface area contributed by atoms with Gasteiger partial charge in [0.25, 0.3) is 5.91 Å². The minimum atomic E-state index is -0.314. The van der Waals surface area contributed by atoms with Crippen molar-refractivity contribution in [3.63, 3.8) is 0 Å². The molecule has 21 heavy (non-hydrogen) atoms. The number of carbonyl (C=O) groups is 2. The Morgan fingerprint density at radius 3 is 2.24 bits per heavy atom. The highest BCUT2D eigenvalue weighted by Crippen LogP contribution is 2.14. The topological polar surface area (TPSA) is 55.8 Å². The summed E-state index contributed by atoms with van der Waals surface area (Å²) in [6.45, 7) is 5.02. The molecule has 0 fully saturated rings. The third-order valence-electron chi connectivity index (χ3n) is 3.02. The van der Waals surface area contributed by atoms with E-state index in [0.717, 1.165) is 0 Å². The molecule has 1 aromatic rings. The maximum atomic E-state index is 12.5. The van der Waals surface area contributed by atoms with Gasteiger partial charge in [-0.05, 0) is 30.2 Å². The second-order valence-corrected chi connectivity index (χ2v) is 5.20. The van der Waals surface area contributed by atoms with Crippen LogP contribution < -0.4 is 4.74 Å². The molecule has 5 heteroatoms. The van der Waals surface area contributed by atoms with E-state index >= 15 is 0 Å². The van der Waals surface area contributed by atoms with Crippen LogP contribution in [0.3, 0.4) is 0 Å². The Bertz CT molecular complexity index is 468. The highest BCUT2D eigenvalue weighted by Gasteiger charge is 2.18. The Hall–Kier alpha value is -2.04. The fourth-order valence-corrected chi connectivity index (χ4v) is 1.96. The molecule has 0 N–H and O–H groups in total. The number of carbonyl (C=O) groups excluding carboxylic acids is 2. The molecule has 0 atom stereocenters. The standard InChI is InChI=1S/C16H23NO4/c1-12(2)11-17(10-9-15(18)21-4)16(19)13-5-7-14(20-3)8-6-13/h5-8,12H,9-11H2,1-4H3. The highest BCUT2D eigenvalue weighted by atomic mass is 16.5. The first kappa shape index (κ1) is 17.0. The second-order valence-electron chi connectivity index (χ2n) is 5.20. The number of rotatable bonds is 7. The van der Waals surface area contributed by atoms with Crippen molar-refractivity contribution in [2.24, 2.45) is 5.92 Å². The molecule has 0 bridgehead atoms. The van der Waals surface area contributed by atoms with Gasteiger partial charge in [-0.15, -0.1) is 0 Å². The summed E-state index contributed by atoms with van der Waals surface area (Å²) in [5.74, 6) is 0.628. The lowest BCUT2D eigenvalue weighted by molar-refractivity contribution is -0.140. The van der Waals surface area contributed by atoms with Crippen LogP contribution in [0.2, 0.25) is 0 Å². The van der Waals surface area contributed by atoms with Gasteiger partial charge in [0.2, 0.25) is 0 Å². The molecule has 0 aliphatic carbocycles. The maximum absolute atomic E-state index is 12.5. The van der Waals surface area contributed by atoms with Gasteiger partial charge < -0.3 is 14.4 Å². The van der Waals surface area contributed by atoms with E-state index < -0.39 is 0 Å². The van der Waals surface area contributed by atoms with E-state index in [1.165, 1.54) is 7.11 Å². The van der Waals surface area contributed by atoms with E-state index in [1.54, 1.807) is 36.3 Å². The van der Waals surface area contributed by atoms with Crippen LogP contribution in [-0.2, 0) is 9.53 Å². The van der Waals surface area contributed by atoms with Crippen molar-refractivity contribution in [2.75, 3.05) is 27.3 Å². The zero-order valence-corrected chi connectivity index (χ0v) is 13.1. The van der Waals surface area contributed by atoms with Gasteiger partial charge in [0.1, 0.15) is 5.75 Å². The quantitative estimate of drug-likeness (QED) is 0.724. The molecule has 0 saturated heterocycles. The van der Waals surface area contributed by atoms with Crippen molar-refractivity contribution in [3.8, 4) is 5.75 Å². The van der Waals surface area contributed by atoms with E-state index in [1.807, 2.05) is 13.8 Å². The van der Waals surface area contributed by atoms with Gasteiger partial charge >= 0.3 is 5.97 Å². The molecule has 1 rings (SSSR count). The predicted octanol–water partition coefficient (Wildman–Crippen LogP) is 2.36. The van der Waals surface area contributed by atoms with Crippen LogP contribution in [0.4, 0.5) is 0 Å². The van der Waals surface area contributed by atoms with Crippen LogP contribution in [0, 0.1) is 5.92 Å². The molecule has 0 spiro atoms. The van der Waals surface area contributed by atoms with E-state index in [0.29, 0.717) is 30.3 Å². The average molecular weight is 293 g/mol. The first-order valence-electron chi connectivity index (χ1n) is 6.98. The van der Waals surface area contributed by atoms with Crippen molar-refractivity contribution >= 4 is 11.9 Å². The zero-order valence-electron chi connectivity index (χ0n) is 13.1. The Balaban J connectivity index is 2.79. The number of methoxy groups -OCH3 is 2. The van der Waals surface area contributed by atoms with Gasteiger partial charge in [-0.3, -0.25) is 9.59 Å². The molecule has 0 radical (unpaired) electrons. The Kier molecular flexibility index (Phi) is 6.72. The molecular formula is C16H23NO4. The lowest BCUT2D eigenvalue weighted by atomic mass is 10.1. The third-order valence-corrected chi connectivity index (χ3v) is 3.02.